The van der Waals surface area contributed by atoms with Crippen molar-refractivity contribution in [1.29, 1.82) is 5.41 Å². The molecule has 19 heavy (non-hydrogen) atoms. The van der Waals surface area contributed by atoms with Crippen molar-refractivity contribution in [3.63, 3.8) is 0 Å². The summed E-state index contributed by atoms with van der Waals surface area (Å²) in [7, 11) is 0. The van der Waals surface area contributed by atoms with Crippen molar-refractivity contribution in [3.05, 3.63) is 40.5 Å². The number of nitrogens with two attached hydrogens (primary N) is 1. The van der Waals surface area contributed by atoms with Crippen molar-refractivity contribution >= 4 is 23.0 Å². The topological polar surface area (TPSA) is 78.9 Å². The molecule has 3 N–H and O–H groups in total. The van der Waals surface area contributed by atoms with Gasteiger partial charge in [-0.25, -0.2) is 9.97 Å². The average molecular weight is 273 g/mol. The molecule has 0 amide bonds. The SMILES string of the molecule is N=C(N)c1nccnc1N(Cc1ccsc1)C1CC1. The van der Waals surface area contributed by atoms with Crippen LogP contribution >= 0.6 is 11.3 Å². The summed E-state index contributed by atoms with van der Waals surface area (Å²) >= 11 is 1.69. The monoisotopic (exact) mass is 273 g/mol. The zero-order chi connectivity index (χ0) is 13.2. The predicted octanol–water partition coefficient (Wildman–Crippen LogP) is 1.99. The second kappa shape index (κ2) is 4.97. The first-order chi connectivity index (χ1) is 9.25. The molecule has 0 atom stereocenters. The predicted molar refractivity (Wildman–Crippen MR) is 76.6 cm³/mol. The number of amidine groups is 1. The maximum atomic E-state index is 7.63. The standard InChI is InChI=1S/C13H15N5S/c14-12(15)11-13(17-5-4-16-11)18(10-1-2-10)7-9-3-6-19-8-9/h3-6,8,10H,1-2,7H2,(H3,14,15). The molecule has 0 bridgehead atoms. The minimum atomic E-state index is -0.0286. The first-order valence-corrected chi connectivity index (χ1v) is 7.13. The zero-order valence-corrected chi connectivity index (χ0v) is 11.2. The summed E-state index contributed by atoms with van der Waals surface area (Å²) in [5.74, 6) is 0.697. The first kappa shape index (κ1) is 12.1. The van der Waals surface area contributed by atoms with Crippen molar-refractivity contribution in [3.8, 4) is 0 Å². The first-order valence-electron chi connectivity index (χ1n) is 6.19. The maximum absolute atomic E-state index is 7.63. The van der Waals surface area contributed by atoms with Crippen molar-refractivity contribution in [2.45, 2.75) is 25.4 Å². The van der Waals surface area contributed by atoms with Gasteiger partial charge in [-0.05, 0) is 35.2 Å². The molecule has 0 spiro atoms. The molecule has 1 aliphatic rings. The minimum absolute atomic E-state index is 0.0286. The Kier molecular flexibility index (Phi) is 3.16. The Labute approximate surface area is 115 Å². The lowest BCUT2D eigenvalue weighted by atomic mass is 10.2. The second-order valence-corrected chi connectivity index (χ2v) is 5.41. The molecule has 0 aromatic carbocycles. The maximum Gasteiger partial charge on any atom is 0.158 e. The van der Waals surface area contributed by atoms with Crippen LogP contribution in [0.3, 0.4) is 0 Å². The van der Waals surface area contributed by atoms with Gasteiger partial charge in [0.1, 0.15) is 11.5 Å². The van der Waals surface area contributed by atoms with Gasteiger partial charge in [0.15, 0.2) is 5.82 Å². The van der Waals surface area contributed by atoms with Gasteiger partial charge in [-0.2, -0.15) is 11.3 Å². The van der Waals surface area contributed by atoms with Crippen LogP contribution in [0.2, 0.25) is 0 Å². The molecule has 3 rings (SSSR count). The molecule has 1 aliphatic carbocycles. The van der Waals surface area contributed by atoms with Gasteiger partial charge in [0.2, 0.25) is 0 Å². The van der Waals surface area contributed by atoms with E-state index in [1.165, 1.54) is 5.56 Å². The Balaban J connectivity index is 1.94. The van der Waals surface area contributed by atoms with Crippen molar-refractivity contribution in [2.24, 2.45) is 5.73 Å². The van der Waals surface area contributed by atoms with Crippen molar-refractivity contribution in [1.82, 2.24) is 9.97 Å². The third-order valence-electron chi connectivity index (χ3n) is 3.13. The molecule has 5 nitrogen and oxygen atoms in total. The molecule has 1 fully saturated rings. The van der Waals surface area contributed by atoms with Gasteiger partial charge < -0.3 is 10.6 Å². The fourth-order valence-electron chi connectivity index (χ4n) is 2.07. The highest BCUT2D eigenvalue weighted by atomic mass is 32.1. The van der Waals surface area contributed by atoms with E-state index in [9.17, 15) is 0 Å². The van der Waals surface area contributed by atoms with Gasteiger partial charge in [-0.1, -0.05) is 0 Å². The molecule has 2 aromatic rings. The Hall–Kier alpha value is -1.95. The number of rotatable bonds is 5. The highest BCUT2D eigenvalue weighted by Gasteiger charge is 2.32. The van der Waals surface area contributed by atoms with Gasteiger partial charge in [0.25, 0.3) is 0 Å². The number of hydrogen-bond acceptors (Lipinski definition) is 5. The smallest absolute Gasteiger partial charge is 0.158 e. The molecule has 2 aromatic heterocycles. The lowest BCUT2D eigenvalue weighted by molar-refractivity contribution is 0.774. The van der Waals surface area contributed by atoms with E-state index < -0.39 is 0 Å². The molecule has 1 saturated carbocycles. The van der Waals surface area contributed by atoms with E-state index in [1.807, 2.05) is 0 Å². The van der Waals surface area contributed by atoms with E-state index in [2.05, 4.69) is 31.7 Å². The van der Waals surface area contributed by atoms with Crippen LogP contribution in [0.1, 0.15) is 24.1 Å². The highest BCUT2D eigenvalue weighted by Crippen LogP contribution is 2.33. The number of aromatic nitrogens is 2. The third-order valence-corrected chi connectivity index (χ3v) is 3.86. The summed E-state index contributed by atoms with van der Waals surface area (Å²) in [6.07, 6.45) is 5.57. The lowest BCUT2D eigenvalue weighted by Crippen LogP contribution is -2.29. The average Bonchev–Trinajstić information content (AvgIpc) is 3.13. The van der Waals surface area contributed by atoms with E-state index in [-0.39, 0.29) is 5.84 Å². The number of anilines is 1. The second-order valence-electron chi connectivity index (χ2n) is 4.63. The van der Waals surface area contributed by atoms with E-state index in [4.69, 9.17) is 11.1 Å². The number of nitrogens with one attached hydrogen (secondary N) is 1. The summed E-state index contributed by atoms with van der Waals surface area (Å²) in [4.78, 5) is 10.8. The summed E-state index contributed by atoms with van der Waals surface area (Å²) in [5.41, 5.74) is 7.34. The van der Waals surface area contributed by atoms with E-state index in [1.54, 1.807) is 23.7 Å². The lowest BCUT2D eigenvalue weighted by Gasteiger charge is -2.24. The van der Waals surface area contributed by atoms with Crippen LogP contribution in [0, 0.1) is 5.41 Å². The summed E-state index contributed by atoms with van der Waals surface area (Å²) in [6, 6.07) is 2.61. The van der Waals surface area contributed by atoms with E-state index in [0.29, 0.717) is 11.7 Å². The van der Waals surface area contributed by atoms with Crippen LogP contribution in [0.4, 0.5) is 5.82 Å². The molecular formula is C13H15N5S. The molecule has 2 heterocycles. The van der Waals surface area contributed by atoms with Crippen molar-refractivity contribution in [2.75, 3.05) is 4.90 Å². The molecule has 6 heteroatoms. The molecule has 98 valence electrons. The van der Waals surface area contributed by atoms with Gasteiger partial charge >= 0.3 is 0 Å². The van der Waals surface area contributed by atoms with Gasteiger partial charge in [-0.3, -0.25) is 5.41 Å². The van der Waals surface area contributed by atoms with Crippen LogP contribution in [0.5, 0.6) is 0 Å². The summed E-state index contributed by atoms with van der Waals surface area (Å²) < 4.78 is 0. The van der Waals surface area contributed by atoms with Crippen LogP contribution in [0.25, 0.3) is 0 Å². The highest BCUT2D eigenvalue weighted by molar-refractivity contribution is 7.07. The largest absolute Gasteiger partial charge is 0.382 e. The Morgan fingerprint density at radius 1 is 1.42 bits per heavy atom. The number of nitrogens with zero attached hydrogens (tertiary/aromatic N) is 3. The normalized spacial score (nSPS) is 14.3. The fraction of sp³-hybridized carbons (Fsp3) is 0.308. The van der Waals surface area contributed by atoms with Gasteiger partial charge in [0, 0.05) is 25.0 Å². The number of thiophene rings is 1. The Morgan fingerprint density at radius 2 is 2.21 bits per heavy atom. The molecule has 0 radical (unpaired) electrons. The van der Waals surface area contributed by atoms with Crippen LogP contribution in [-0.2, 0) is 6.54 Å². The van der Waals surface area contributed by atoms with Gasteiger partial charge in [-0.15, -0.1) is 0 Å². The molecular weight excluding hydrogens is 258 g/mol. The Morgan fingerprint density at radius 3 is 2.84 bits per heavy atom. The number of hydrogen-bond donors (Lipinski definition) is 2. The Bertz CT molecular complexity index is 576. The molecule has 0 aliphatic heterocycles. The van der Waals surface area contributed by atoms with Crippen LogP contribution in [-0.4, -0.2) is 21.8 Å². The van der Waals surface area contributed by atoms with Crippen LogP contribution < -0.4 is 10.6 Å². The minimum Gasteiger partial charge on any atom is -0.382 e. The number of nitrogen functional groups attached to an aromatic ring is 1. The quantitative estimate of drug-likeness (QED) is 0.645. The van der Waals surface area contributed by atoms with Gasteiger partial charge in [0.05, 0.1) is 0 Å². The molecule has 0 saturated heterocycles. The van der Waals surface area contributed by atoms with E-state index in [0.717, 1.165) is 25.2 Å². The third kappa shape index (κ3) is 2.58. The van der Waals surface area contributed by atoms with E-state index >= 15 is 0 Å². The van der Waals surface area contributed by atoms with Crippen molar-refractivity contribution < 1.29 is 0 Å². The molecule has 0 unspecified atom stereocenters. The summed E-state index contributed by atoms with van der Waals surface area (Å²) in [5, 5.41) is 11.8. The summed E-state index contributed by atoms with van der Waals surface area (Å²) in [6.45, 7) is 0.799. The van der Waals surface area contributed by atoms with Crippen LogP contribution in [0.15, 0.2) is 29.2 Å². The fourth-order valence-corrected chi connectivity index (χ4v) is 2.73. The zero-order valence-electron chi connectivity index (χ0n) is 10.4.